The maximum atomic E-state index is 12.1. The Morgan fingerprint density at radius 3 is 2.74 bits per heavy atom. The number of carbonyl (C=O) groups is 1. The Labute approximate surface area is 111 Å². The summed E-state index contributed by atoms with van der Waals surface area (Å²) in [5.41, 5.74) is 0. The number of hydrogen-bond acceptors (Lipinski definition) is 4. The zero-order valence-electron chi connectivity index (χ0n) is 10.8. The minimum atomic E-state index is -0.0316. The van der Waals surface area contributed by atoms with Crippen molar-refractivity contribution in [1.29, 1.82) is 0 Å². The number of hydrogen-bond donors (Lipinski definition) is 0. The number of hydrazone groups is 1. The molecule has 100 valence electrons. The number of rotatable bonds is 2. The highest BCUT2D eigenvalue weighted by molar-refractivity contribution is 5.78. The van der Waals surface area contributed by atoms with Crippen LogP contribution in [0.4, 0.5) is 4.79 Å². The standard InChI is InChI=1S/C13H16N4O2/c1-10-2-7-15-17(10)13(18)16-8-12(9-16)19-11-3-5-14-6-4-11/h3-7,10,12H,2,8-9H2,1H3. The van der Waals surface area contributed by atoms with Gasteiger partial charge in [0.05, 0.1) is 19.1 Å². The van der Waals surface area contributed by atoms with Crippen molar-refractivity contribution in [2.75, 3.05) is 13.1 Å². The lowest BCUT2D eigenvalue weighted by Gasteiger charge is -2.40. The molecule has 1 unspecified atom stereocenters. The second kappa shape index (κ2) is 4.87. The van der Waals surface area contributed by atoms with Gasteiger partial charge in [-0.3, -0.25) is 4.98 Å². The fraction of sp³-hybridized carbons (Fsp3) is 0.462. The normalized spacial score (nSPS) is 22.5. The predicted octanol–water partition coefficient (Wildman–Crippen LogP) is 1.34. The van der Waals surface area contributed by atoms with Crippen LogP contribution >= 0.6 is 0 Å². The Balaban J connectivity index is 1.50. The van der Waals surface area contributed by atoms with E-state index in [1.54, 1.807) is 28.5 Å². The van der Waals surface area contributed by atoms with Crippen molar-refractivity contribution in [3.8, 4) is 5.75 Å². The molecule has 3 rings (SSSR count). The number of aromatic nitrogens is 1. The first-order chi connectivity index (χ1) is 9.24. The Hall–Kier alpha value is -2.11. The van der Waals surface area contributed by atoms with Crippen LogP contribution in [0.15, 0.2) is 29.6 Å². The third-order valence-electron chi connectivity index (χ3n) is 3.34. The smallest absolute Gasteiger partial charge is 0.340 e. The molecule has 1 fully saturated rings. The van der Waals surface area contributed by atoms with Crippen LogP contribution in [-0.4, -0.2) is 52.4 Å². The topological polar surface area (TPSA) is 58.0 Å². The summed E-state index contributed by atoms with van der Waals surface area (Å²) < 4.78 is 5.73. The van der Waals surface area contributed by atoms with E-state index >= 15 is 0 Å². The van der Waals surface area contributed by atoms with Crippen LogP contribution in [0.3, 0.4) is 0 Å². The van der Waals surface area contributed by atoms with Crippen LogP contribution in [0, 0.1) is 0 Å². The van der Waals surface area contributed by atoms with Crippen molar-refractivity contribution >= 4 is 12.2 Å². The molecule has 1 aromatic heterocycles. The van der Waals surface area contributed by atoms with Crippen molar-refractivity contribution in [2.45, 2.75) is 25.5 Å². The molecule has 19 heavy (non-hydrogen) atoms. The van der Waals surface area contributed by atoms with Crippen molar-refractivity contribution in [3.63, 3.8) is 0 Å². The minimum Gasteiger partial charge on any atom is -0.487 e. The van der Waals surface area contributed by atoms with E-state index in [1.165, 1.54) is 0 Å². The lowest BCUT2D eigenvalue weighted by molar-refractivity contribution is 0.0286. The summed E-state index contributed by atoms with van der Waals surface area (Å²) in [6, 6.07) is 3.76. The van der Waals surface area contributed by atoms with Crippen molar-refractivity contribution < 1.29 is 9.53 Å². The van der Waals surface area contributed by atoms with Crippen LogP contribution < -0.4 is 4.74 Å². The molecule has 3 heterocycles. The SMILES string of the molecule is CC1CC=NN1C(=O)N1CC(Oc2ccncc2)C1. The molecule has 0 radical (unpaired) electrons. The molecule has 0 spiro atoms. The van der Waals surface area contributed by atoms with Crippen molar-refractivity contribution in [2.24, 2.45) is 5.10 Å². The van der Waals surface area contributed by atoms with Crippen molar-refractivity contribution in [1.82, 2.24) is 14.9 Å². The summed E-state index contributed by atoms with van der Waals surface area (Å²) >= 11 is 0. The zero-order valence-corrected chi connectivity index (χ0v) is 10.8. The number of amides is 2. The molecule has 6 nitrogen and oxygen atoms in total. The number of pyridine rings is 1. The van der Waals surface area contributed by atoms with E-state index in [4.69, 9.17) is 4.74 Å². The van der Waals surface area contributed by atoms with Crippen molar-refractivity contribution in [3.05, 3.63) is 24.5 Å². The third kappa shape index (κ3) is 2.38. The van der Waals surface area contributed by atoms with E-state index in [0.29, 0.717) is 13.1 Å². The monoisotopic (exact) mass is 260 g/mol. The highest BCUT2D eigenvalue weighted by Gasteiger charge is 2.37. The number of likely N-dealkylation sites (tertiary alicyclic amines) is 1. The van der Waals surface area contributed by atoms with E-state index in [-0.39, 0.29) is 18.2 Å². The van der Waals surface area contributed by atoms with Crippen LogP contribution in [0.1, 0.15) is 13.3 Å². The highest BCUT2D eigenvalue weighted by atomic mass is 16.5. The molecule has 2 aliphatic rings. The summed E-state index contributed by atoms with van der Waals surface area (Å²) in [4.78, 5) is 17.8. The van der Waals surface area contributed by atoms with Gasteiger partial charge in [-0.1, -0.05) is 0 Å². The van der Waals surface area contributed by atoms with Gasteiger partial charge in [0.2, 0.25) is 0 Å². The molecule has 2 amide bonds. The number of carbonyl (C=O) groups excluding carboxylic acids is 1. The summed E-state index contributed by atoms with van der Waals surface area (Å²) in [5, 5.41) is 5.64. The molecule has 2 aliphatic heterocycles. The second-order valence-electron chi connectivity index (χ2n) is 4.84. The van der Waals surface area contributed by atoms with E-state index in [1.807, 2.05) is 19.1 Å². The number of nitrogens with zero attached hydrogens (tertiary/aromatic N) is 4. The first kappa shape index (κ1) is 12.0. The lowest BCUT2D eigenvalue weighted by Crippen LogP contribution is -2.59. The Morgan fingerprint density at radius 1 is 1.37 bits per heavy atom. The van der Waals surface area contributed by atoms with Gasteiger partial charge in [0.1, 0.15) is 11.9 Å². The largest absolute Gasteiger partial charge is 0.487 e. The van der Waals surface area contributed by atoms with Crippen LogP contribution in [0.2, 0.25) is 0 Å². The summed E-state index contributed by atoms with van der Waals surface area (Å²) in [6.45, 7) is 3.22. The van der Waals surface area contributed by atoms with Gasteiger partial charge in [0.25, 0.3) is 0 Å². The Kier molecular flexibility index (Phi) is 3.06. The first-order valence-electron chi connectivity index (χ1n) is 6.41. The quantitative estimate of drug-likeness (QED) is 0.806. The fourth-order valence-electron chi connectivity index (χ4n) is 2.16. The summed E-state index contributed by atoms with van der Waals surface area (Å²) in [5.74, 6) is 0.791. The zero-order chi connectivity index (χ0) is 13.2. The molecule has 0 aliphatic carbocycles. The van der Waals surface area contributed by atoms with Gasteiger partial charge in [0, 0.05) is 25.0 Å². The van der Waals surface area contributed by atoms with Gasteiger partial charge in [-0.15, -0.1) is 0 Å². The molecule has 1 saturated heterocycles. The Bertz CT molecular complexity index is 485. The lowest BCUT2D eigenvalue weighted by atomic mass is 10.2. The maximum absolute atomic E-state index is 12.1. The van der Waals surface area contributed by atoms with Crippen LogP contribution in [0.5, 0.6) is 5.75 Å². The highest BCUT2D eigenvalue weighted by Crippen LogP contribution is 2.21. The number of ether oxygens (including phenoxy) is 1. The second-order valence-corrected chi connectivity index (χ2v) is 4.84. The summed E-state index contributed by atoms with van der Waals surface area (Å²) in [7, 11) is 0. The molecule has 0 N–H and O–H groups in total. The molecule has 0 saturated carbocycles. The van der Waals surface area contributed by atoms with Crippen LogP contribution in [-0.2, 0) is 0 Å². The predicted molar refractivity (Wildman–Crippen MR) is 70.0 cm³/mol. The first-order valence-corrected chi connectivity index (χ1v) is 6.41. The minimum absolute atomic E-state index is 0.0316. The van der Waals surface area contributed by atoms with Gasteiger partial charge >= 0.3 is 6.03 Å². The average Bonchev–Trinajstić information content (AvgIpc) is 2.80. The maximum Gasteiger partial charge on any atom is 0.340 e. The molecule has 0 bridgehead atoms. The van der Waals surface area contributed by atoms with Crippen LogP contribution in [0.25, 0.3) is 0 Å². The average molecular weight is 260 g/mol. The summed E-state index contributed by atoms with van der Waals surface area (Å²) in [6.07, 6.45) is 6.06. The van der Waals surface area contributed by atoms with E-state index in [2.05, 4.69) is 10.1 Å². The van der Waals surface area contributed by atoms with Gasteiger partial charge in [-0.25, -0.2) is 9.80 Å². The van der Waals surface area contributed by atoms with E-state index < -0.39 is 0 Å². The van der Waals surface area contributed by atoms with Gasteiger partial charge in [-0.2, -0.15) is 5.10 Å². The third-order valence-corrected chi connectivity index (χ3v) is 3.34. The van der Waals surface area contributed by atoms with Gasteiger partial charge in [-0.05, 0) is 19.1 Å². The molecule has 1 aromatic rings. The van der Waals surface area contributed by atoms with E-state index in [0.717, 1.165) is 12.2 Å². The van der Waals surface area contributed by atoms with Gasteiger partial charge < -0.3 is 9.64 Å². The molecular formula is C13H16N4O2. The van der Waals surface area contributed by atoms with Gasteiger partial charge in [0.15, 0.2) is 0 Å². The molecule has 1 atom stereocenters. The molecule has 0 aromatic carbocycles. The number of urea groups is 1. The Morgan fingerprint density at radius 2 is 2.11 bits per heavy atom. The van der Waals surface area contributed by atoms with E-state index in [9.17, 15) is 4.79 Å². The molecule has 6 heteroatoms. The fourth-order valence-corrected chi connectivity index (χ4v) is 2.16. The molecular weight excluding hydrogens is 244 g/mol.